The van der Waals surface area contributed by atoms with E-state index in [-0.39, 0.29) is 11.9 Å². The van der Waals surface area contributed by atoms with Crippen molar-refractivity contribution in [3.8, 4) is 0 Å². The number of halogens is 1. The smallest absolute Gasteiger partial charge is 0.123 e. The fourth-order valence-electron chi connectivity index (χ4n) is 3.41. The first-order chi connectivity index (χ1) is 10.1. The van der Waals surface area contributed by atoms with Crippen molar-refractivity contribution in [2.45, 2.75) is 32.4 Å². The molecule has 0 bridgehead atoms. The Morgan fingerprint density at radius 2 is 2.24 bits per heavy atom. The highest BCUT2D eigenvalue weighted by Gasteiger charge is 2.30. The van der Waals surface area contributed by atoms with Gasteiger partial charge in [-0.15, -0.1) is 11.3 Å². The van der Waals surface area contributed by atoms with Gasteiger partial charge in [0, 0.05) is 30.1 Å². The zero-order valence-corrected chi connectivity index (χ0v) is 13.3. The van der Waals surface area contributed by atoms with Crippen LogP contribution in [0.3, 0.4) is 0 Å². The van der Waals surface area contributed by atoms with Crippen molar-refractivity contribution < 1.29 is 4.39 Å². The molecular formula is C17H21FN2S. The van der Waals surface area contributed by atoms with Crippen LogP contribution in [-0.2, 0) is 6.42 Å². The molecule has 0 spiro atoms. The van der Waals surface area contributed by atoms with E-state index in [1.165, 1.54) is 16.5 Å². The Hall–Kier alpha value is -1.23. The largest absolute Gasteiger partial charge is 0.329 e. The average molecular weight is 304 g/mol. The van der Waals surface area contributed by atoms with Crippen LogP contribution < -0.4 is 5.73 Å². The molecule has 2 heterocycles. The number of fused-ring (bicyclic) bond motifs is 1. The van der Waals surface area contributed by atoms with Crippen molar-refractivity contribution in [3.63, 3.8) is 0 Å². The van der Waals surface area contributed by atoms with Crippen molar-refractivity contribution in [2.24, 2.45) is 5.73 Å². The molecule has 4 heteroatoms. The molecule has 2 aromatic rings. The Balaban J connectivity index is 1.94. The van der Waals surface area contributed by atoms with E-state index in [1.807, 2.05) is 24.3 Å². The Kier molecular flexibility index (Phi) is 4.11. The molecule has 2 N–H and O–H groups in total. The second-order valence-electron chi connectivity index (χ2n) is 5.72. The molecule has 1 aromatic carbocycles. The summed E-state index contributed by atoms with van der Waals surface area (Å²) in [5.41, 5.74) is 9.61. The Bertz CT molecular complexity index is 637. The maximum Gasteiger partial charge on any atom is 0.123 e. The summed E-state index contributed by atoms with van der Waals surface area (Å²) >= 11 is 1.84. The molecule has 0 saturated carbocycles. The van der Waals surface area contributed by atoms with E-state index in [1.54, 1.807) is 6.07 Å². The van der Waals surface area contributed by atoms with Gasteiger partial charge < -0.3 is 5.73 Å². The first-order valence-corrected chi connectivity index (χ1v) is 8.28. The fourth-order valence-corrected chi connectivity index (χ4v) is 4.37. The third-order valence-corrected chi connectivity index (χ3v) is 5.54. The highest BCUT2D eigenvalue weighted by molar-refractivity contribution is 7.10. The number of thiophene rings is 1. The first kappa shape index (κ1) is 14.7. The van der Waals surface area contributed by atoms with Crippen LogP contribution in [0.25, 0.3) is 0 Å². The number of hydrogen-bond donors (Lipinski definition) is 1. The first-order valence-electron chi connectivity index (χ1n) is 7.40. The van der Waals surface area contributed by atoms with E-state index >= 15 is 0 Å². The highest BCUT2D eigenvalue weighted by Crippen LogP contribution is 2.38. The summed E-state index contributed by atoms with van der Waals surface area (Å²) in [7, 11) is 0. The molecule has 0 fully saturated rings. The number of aryl methyl sites for hydroxylation is 1. The number of nitrogens with two attached hydrogens (primary N) is 1. The van der Waals surface area contributed by atoms with Crippen LogP contribution in [-0.4, -0.2) is 18.0 Å². The monoisotopic (exact) mass is 304 g/mol. The molecule has 0 radical (unpaired) electrons. The van der Waals surface area contributed by atoms with Gasteiger partial charge in [0.2, 0.25) is 0 Å². The average Bonchev–Trinajstić information content (AvgIpc) is 2.93. The summed E-state index contributed by atoms with van der Waals surface area (Å²) in [5.74, 6) is -0.182. The summed E-state index contributed by atoms with van der Waals surface area (Å²) in [6, 6.07) is 7.75. The molecule has 0 amide bonds. The molecule has 0 aliphatic carbocycles. The molecule has 2 unspecified atom stereocenters. The zero-order valence-electron chi connectivity index (χ0n) is 12.5. The van der Waals surface area contributed by atoms with Crippen LogP contribution in [0.5, 0.6) is 0 Å². The molecular weight excluding hydrogens is 283 g/mol. The van der Waals surface area contributed by atoms with Crippen LogP contribution >= 0.6 is 11.3 Å². The van der Waals surface area contributed by atoms with Gasteiger partial charge in [-0.25, -0.2) is 4.39 Å². The molecule has 112 valence electrons. The quantitative estimate of drug-likeness (QED) is 0.934. The number of rotatable bonds is 3. The van der Waals surface area contributed by atoms with Gasteiger partial charge in [0.15, 0.2) is 0 Å². The van der Waals surface area contributed by atoms with Crippen molar-refractivity contribution in [3.05, 3.63) is 57.0 Å². The van der Waals surface area contributed by atoms with Gasteiger partial charge in [0.1, 0.15) is 5.82 Å². The maximum atomic E-state index is 13.3. The molecule has 1 aliphatic heterocycles. The summed E-state index contributed by atoms with van der Waals surface area (Å²) < 4.78 is 13.3. The molecule has 0 saturated heterocycles. The standard InChI is InChI=1S/C17H21FN2S/c1-11-9-13(18)3-4-14(11)16(10-19)20-7-5-17-15(12(20)2)6-8-21-17/h3-4,6,8-9,12,16H,5,7,10,19H2,1-2H3. The summed E-state index contributed by atoms with van der Waals surface area (Å²) in [6.07, 6.45) is 1.08. The Morgan fingerprint density at radius 1 is 1.43 bits per heavy atom. The van der Waals surface area contributed by atoms with Crippen LogP contribution in [0, 0.1) is 12.7 Å². The van der Waals surface area contributed by atoms with Crippen molar-refractivity contribution in [1.82, 2.24) is 4.90 Å². The lowest BCUT2D eigenvalue weighted by Crippen LogP contribution is -2.40. The molecule has 2 atom stereocenters. The van der Waals surface area contributed by atoms with E-state index in [9.17, 15) is 4.39 Å². The van der Waals surface area contributed by atoms with Crippen LogP contribution in [0.1, 0.15) is 40.6 Å². The highest BCUT2D eigenvalue weighted by atomic mass is 32.1. The van der Waals surface area contributed by atoms with Gasteiger partial charge in [0.25, 0.3) is 0 Å². The van der Waals surface area contributed by atoms with Crippen molar-refractivity contribution in [2.75, 3.05) is 13.1 Å². The van der Waals surface area contributed by atoms with Gasteiger partial charge in [-0.2, -0.15) is 0 Å². The number of hydrogen-bond acceptors (Lipinski definition) is 3. The van der Waals surface area contributed by atoms with E-state index < -0.39 is 0 Å². The van der Waals surface area contributed by atoms with Crippen LogP contribution in [0.2, 0.25) is 0 Å². The Labute approximate surface area is 129 Å². The topological polar surface area (TPSA) is 29.3 Å². The van der Waals surface area contributed by atoms with Gasteiger partial charge in [-0.05, 0) is 60.5 Å². The summed E-state index contributed by atoms with van der Waals surface area (Å²) in [4.78, 5) is 3.94. The number of nitrogens with zero attached hydrogens (tertiary/aromatic N) is 1. The molecule has 1 aliphatic rings. The lowest BCUT2D eigenvalue weighted by Gasteiger charge is -2.40. The molecule has 21 heavy (non-hydrogen) atoms. The van der Waals surface area contributed by atoms with Gasteiger partial charge >= 0.3 is 0 Å². The Morgan fingerprint density at radius 3 is 2.95 bits per heavy atom. The lowest BCUT2D eigenvalue weighted by molar-refractivity contribution is 0.138. The molecule has 1 aromatic heterocycles. The SMILES string of the molecule is Cc1cc(F)ccc1C(CN)N1CCc2sccc2C1C. The van der Waals surface area contributed by atoms with Crippen molar-refractivity contribution >= 4 is 11.3 Å². The van der Waals surface area contributed by atoms with Gasteiger partial charge in [-0.1, -0.05) is 6.07 Å². The minimum Gasteiger partial charge on any atom is -0.329 e. The summed E-state index contributed by atoms with van der Waals surface area (Å²) in [6.45, 7) is 5.77. The third kappa shape index (κ3) is 2.63. The van der Waals surface area contributed by atoms with E-state index in [4.69, 9.17) is 5.73 Å². The zero-order chi connectivity index (χ0) is 15.0. The van der Waals surface area contributed by atoms with Crippen LogP contribution in [0.4, 0.5) is 4.39 Å². The van der Waals surface area contributed by atoms with Crippen LogP contribution in [0.15, 0.2) is 29.6 Å². The lowest BCUT2D eigenvalue weighted by atomic mass is 9.94. The second-order valence-corrected chi connectivity index (χ2v) is 6.72. The predicted octanol–water partition coefficient (Wildman–Crippen LogP) is 3.81. The number of benzene rings is 1. The van der Waals surface area contributed by atoms with E-state index in [0.29, 0.717) is 12.6 Å². The predicted molar refractivity (Wildman–Crippen MR) is 86.1 cm³/mol. The normalized spacial score (nSPS) is 20.3. The fraction of sp³-hybridized carbons (Fsp3) is 0.412. The van der Waals surface area contributed by atoms with Gasteiger partial charge in [-0.3, -0.25) is 4.90 Å². The van der Waals surface area contributed by atoms with Crippen molar-refractivity contribution in [1.29, 1.82) is 0 Å². The minimum absolute atomic E-state index is 0.147. The molecule has 3 rings (SSSR count). The minimum atomic E-state index is -0.182. The summed E-state index contributed by atoms with van der Waals surface area (Å²) in [5, 5.41) is 2.17. The third-order valence-electron chi connectivity index (χ3n) is 4.54. The molecule has 2 nitrogen and oxygen atoms in total. The van der Waals surface area contributed by atoms with E-state index in [2.05, 4.69) is 23.3 Å². The van der Waals surface area contributed by atoms with Gasteiger partial charge in [0.05, 0.1) is 0 Å². The van der Waals surface area contributed by atoms with E-state index in [0.717, 1.165) is 24.1 Å². The maximum absolute atomic E-state index is 13.3. The second kappa shape index (κ2) is 5.87.